The van der Waals surface area contributed by atoms with Crippen molar-refractivity contribution in [3.05, 3.63) is 75.9 Å². The van der Waals surface area contributed by atoms with E-state index >= 15 is 0 Å². The molecule has 0 atom stereocenters. The molecule has 6 nitrogen and oxygen atoms in total. The van der Waals surface area contributed by atoms with E-state index in [2.05, 4.69) is 25.3 Å². The molecule has 1 aliphatic carbocycles. The van der Waals surface area contributed by atoms with Gasteiger partial charge in [-0.3, -0.25) is 9.78 Å². The fourth-order valence-corrected chi connectivity index (χ4v) is 3.55. The first-order chi connectivity index (χ1) is 14.1. The fourth-order valence-electron chi connectivity index (χ4n) is 3.37. The van der Waals surface area contributed by atoms with Gasteiger partial charge in [-0.2, -0.15) is 0 Å². The molecule has 8 heteroatoms. The van der Waals surface area contributed by atoms with Crippen LogP contribution in [0.4, 0.5) is 15.9 Å². The number of nitrogens with zero attached hydrogens (tertiary/aromatic N) is 3. The smallest absolute Gasteiger partial charge is 0.256 e. The number of pyridine rings is 2. The lowest BCUT2D eigenvalue weighted by atomic mass is 10.0. The van der Waals surface area contributed by atoms with Crippen LogP contribution in [0.15, 0.2) is 53.8 Å². The molecule has 0 bridgehead atoms. The van der Waals surface area contributed by atoms with Crippen LogP contribution in [0.5, 0.6) is 0 Å². The van der Waals surface area contributed by atoms with E-state index in [9.17, 15) is 9.18 Å². The summed E-state index contributed by atoms with van der Waals surface area (Å²) in [6.45, 7) is 0. The van der Waals surface area contributed by atoms with Crippen molar-refractivity contribution < 1.29 is 4.39 Å². The average Bonchev–Trinajstić information content (AvgIpc) is 3.56. The summed E-state index contributed by atoms with van der Waals surface area (Å²) >= 11 is 6.03. The minimum atomic E-state index is -0.512. The van der Waals surface area contributed by atoms with Crippen molar-refractivity contribution in [3.63, 3.8) is 0 Å². The Balaban J connectivity index is 1.67. The van der Waals surface area contributed by atoms with Gasteiger partial charge in [-0.1, -0.05) is 11.6 Å². The number of halogens is 2. The number of anilines is 2. The Bertz CT molecular complexity index is 1300. The molecule has 1 saturated carbocycles. The third-order valence-corrected chi connectivity index (χ3v) is 5.20. The van der Waals surface area contributed by atoms with Crippen LogP contribution in [0.2, 0.25) is 5.02 Å². The lowest BCUT2D eigenvalue weighted by Crippen LogP contribution is -2.14. The standard InChI is InChI=1S/C21H15ClFN5O/c22-12-3-4-16(23)13(7-12)14-8-18(19(11-1-2-11)28-21(14)29)27-20-15-9-24-6-5-17(15)25-10-26-20/h3-11H,1-2H2,(H,28,29)(H,25,26,27). The third kappa shape index (κ3) is 3.34. The minimum Gasteiger partial charge on any atom is -0.338 e. The Labute approximate surface area is 169 Å². The molecule has 5 rings (SSSR count). The molecule has 0 saturated heterocycles. The number of aromatic nitrogens is 4. The van der Waals surface area contributed by atoms with E-state index in [1.165, 1.54) is 24.5 Å². The van der Waals surface area contributed by atoms with Crippen molar-refractivity contribution in [1.29, 1.82) is 0 Å². The highest BCUT2D eigenvalue weighted by Gasteiger charge is 2.28. The van der Waals surface area contributed by atoms with Gasteiger partial charge in [0.25, 0.3) is 5.56 Å². The third-order valence-electron chi connectivity index (χ3n) is 4.97. The maximum Gasteiger partial charge on any atom is 0.256 e. The molecular formula is C21H15ClFN5O. The van der Waals surface area contributed by atoms with E-state index in [0.717, 1.165) is 29.4 Å². The predicted molar refractivity (Wildman–Crippen MR) is 110 cm³/mol. The molecular weight excluding hydrogens is 393 g/mol. The second-order valence-corrected chi connectivity index (χ2v) is 7.41. The van der Waals surface area contributed by atoms with E-state index in [1.807, 2.05) is 0 Å². The maximum atomic E-state index is 14.4. The second-order valence-electron chi connectivity index (χ2n) is 6.98. The first-order valence-corrected chi connectivity index (χ1v) is 9.52. The zero-order valence-electron chi connectivity index (χ0n) is 15.1. The van der Waals surface area contributed by atoms with E-state index < -0.39 is 5.82 Å². The number of hydrogen-bond donors (Lipinski definition) is 2. The van der Waals surface area contributed by atoms with Crippen molar-refractivity contribution in [2.75, 3.05) is 5.32 Å². The summed E-state index contributed by atoms with van der Waals surface area (Å²) in [6.07, 6.45) is 6.78. The molecule has 1 fully saturated rings. The van der Waals surface area contributed by atoms with Crippen molar-refractivity contribution in [2.45, 2.75) is 18.8 Å². The molecule has 0 amide bonds. The maximum absolute atomic E-state index is 14.4. The highest BCUT2D eigenvalue weighted by molar-refractivity contribution is 6.30. The number of benzene rings is 1. The van der Waals surface area contributed by atoms with Gasteiger partial charge >= 0.3 is 0 Å². The molecule has 0 radical (unpaired) electrons. The summed E-state index contributed by atoms with van der Waals surface area (Å²) in [5.74, 6) is 0.311. The molecule has 4 aromatic rings. The normalized spacial score (nSPS) is 13.6. The number of nitrogens with one attached hydrogen (secondary N) is 2. The Morgan fingerprint density at radius 1 is 1.14 bits per heavy atom. The topological polar surface area (TPSA) is 83.6 Å². The zero-order chi connectivity index (χ0) is 20.0. The molecule has 0 unspecified atom stereocenters. The summed E-state index contributed by atoms with van der Waals surface area (Å²) in [6, 6.07) is 7.61. The predicted octanol–water partition coefficient (Wildman–Crippen LogP) is 4.79. The minimum absolute atomic E-state index is 0.151. The molecule has 0 spiro atoms. The van der Waals surface area contributed by atoms with Gasteiger partial charge < -0.3 is 10.3 Å². The molecule has 144 valence electrons. The van der Waals surface area contributed by atoms with Crippen molar-refractivity contribution >= 4 is 34.0 Å². The van der Waals surface area contributed by atoms with Crippen molar-refractivity contribution in [2.24, 2.45) is 0 Å². The van der Waals surface area contributed by atoms with Gasteiger partial charge in [-0.15, -0.1) is 0 Å². The number of aromatic amines is 1. The Morgan fingerprint density at radius 3 is 2.83 bits per heavy atom. The van der Waals surface area contributed by atoms with Crippen LogP contribution in [0.25, 0.3) is 22.0 Å². The van der Waals surface area contributed by atoms with Gasteiger partial charge in [-0.05, 0) is 43.2 Å². The largest absolute Gasteiger partial charge is 0.338 e. The first-order valence-electron chi connectivity index (χ1n) is 9.14. The Hall–Kier alpha value is -3.32. The summed E-state index contributed by atoms with van der Waals surface area (Å²) < 4.78 is 14.4. The number of fused-ring (bicyclic) bond motifs is 1. The highest BCUT2D eigenvalue weighted by atomic mass is 35.5. The molecule has 0 aliphatic heterocycles. The summed E-state index contributed by atoms with van der Waals surface area (Å²) in [4.78, 5) is 28.4. The Kier molecular flexibility index (Phi) is 4.24. The first kappa shape index (κ1) is 17.8. The summed E-state index contributed by atoms with van der Waals surface area (Å²) in [5.41, 5.74) is 2.21. The lowest BCUT2D eigenvalue weighted by molar-refractivity contribution is 0.631. The van der Waals surface area contributed by atoms with Crippen molar-refractivity contribution in [3.8, 4) is 11.1 Å². The van der Waals surface area contributed by atoms with Gasteiger partial charge in [0.05, 0.1) is 22.2 Å². The zero-order valence-corrected chi connectivity index (χ0v) is 15.9. The van der Waals surface area contributed by atoms with E-state index in [0.29, 0.717) is 16.5 Å². The van der Waals surface area contributed by atoms with E-state index in [1.54, 1.807) is 24.5 Å². The van der Waals surface area contributed by atoms with Crippen LogP contribution in [0, 0.1) is 5.82 Å². The van der Waals surface area contributed by atoms with Gasteiger partial charge in [-0.25, -0.2) is 14.4 Å². The van der Waals surface area contributed by atoms with Gasteiger partial charge in [0.2, 0.25) is 0 Å². The van der Waals surface area contributed by atoms with Crippen LogP contribution < -0.4 is 10.9 Å². The molecule has 3 aromatic heterocycles. The molecule has 1 aromatic carbocycles. The quantitative estimate of drug-likeness (QED) is 0.508. The molecule has 1 aliphatic rings. The lowest BCUT2D eigenvalue weighted by Gasteiger charge is -2.14. The van der Waals surface area contributed by atoms with Gasteiger partial charge in [0.1, 0.15) is 18.0 Å². The highest BCUT2D eigenvalue weighted by Crippen LogP contribution is 2.43. The van der Waals surface area contributed by atoms with Crippen LogP contribution >= 0.6 is 11.6 Å². The Morgan fingerprint density at radius 2 is 2.00 bits per heavy atom. The summed E-state index contributed by atoms with van der Waals surface area (Å²) in [7, 11) is 0. The average molecular weight is 408 g/mol. The molecule has 29 heavy (non-hydrogen) atoms. The van der Waals surface area contributed by atoms with Crippen molar-refractivity contribution in [1.82, 2.24) is 19.9 Å². The van der Waals surface area contributed by atoms with Crippen LogP contribution in [-0.4, -0.2) is 19.9 Å². The van der Waals surface area contributed by atoms with Crippen LogP contribution in [-0.2, 0) is 0 Å². The molecule has 3 heterocycles. The number of H-pyrrole nitrogens is 1. The summed E-state index contributed by atoms with van der Waals surface area (Å²) in [5, 5.41) is 4.40. The molecule has 2 N–H and O–H groups in total. The fraction of sp³-hybridized carbons (Fsp3) is 0.143. The van der Waals surface area contributed by atoms with Gasteiger partial charge in [0.15, 0.2) is 0 Å². The number of hydrogen-bond acceptors (Lipinski definition) is 5. The van der Waals surface area contributed by atoms with Crippen LogP contribution in [0.1, 0.15) is 24.5 Å². The van der Waals surface area contributed by atoms with Crippen LogP contribution in [0.3, 0.4) is 0 Å². The SMILES string of the molecule is O=c1[nH]c(C2CC2)c(Nc2ncnc3ccncc23)cc1-c1cc(Cl)ccc1F. The number of rotatable bonds is 4. The van der Waals surface area contributed by atoms with Gasteiger partial charge in [0, 0.05) is 34.6 Å². The van der Waals surface area contributed by atoms with E-state index in [-0.39, 0.29) is 22.6 Å². The monoisotopic (exact) mass is 407 g/mol. The second kappa shape index (κ2) is 6.93. The van der Waals surface area contributed by atoms with E-state index in [4.69, 9.17) is 11.6 Å².